The van der Waals surface area contributed by atoms with E-state index in [-0.39, 0.29) is 0 Å². The molecule has 1 amide bonds. The predicted octanol–water partition coefficient (Wildman–Crippen LogP) is 2.14. The number of hydrogen-bond acceptors (Lipinski definition) is 2. The maximum Gasteiger partial charge on any atom is 0.222 e. The Bertz CT molecular complexity index is 211. The predicted molar refractivity (Wildman–Crippen MR) is 70.6 cm³/mol. The summed E-state index contributed by atoms with van der Waals surface area (Å²) in [6, 6.07) is 0. The summed E-state index contributed by atoms with van der Waals surface area (Å²) in [6.07, 6.45) is 6.72. The molecule has 1 heterocycles. The zero-order chi connectivity index (χ0) is 11.8. The molecule has 0 radical (unpaired) electrons. The van der Waals surface area contributed by atoms with Gasteiger partial charge in [0.25, 0.3) is 0 Å². The molecule has 16 heavy (non-hydrogen) atoms. The molecule has 1 fully saturated rings. The van der Waals surface area contributed by atoms with Crippen LogP contribution < -0.4 is 5.73 Å². The van der Waals surface area contributed by atoms with Crippen LogP contribution in [0, 0.1) is 5.92 Å². The van der Waals surface area contributed by atoms with Gasteiger partial charge in [-0.3, -0.25) is 4.79 Å². The molecule has 1 rings (SSSR count). The van der Waals surface area contributed by atoms with E-state index in [1.54, 1.807) is 0 Å². The summed E-state index contributed by atoms with van der Waals surface area (Å²) in [7, 11) is 0. The fraction of sp³-hybridized carbons (Fsp3) is 0.917. The van der Waals surface area contributed by atoms with Crippen LogP contribution in [0.5, 0.6) is 0 Å². The Morgan fingerprint density at radius 3 is 2.56 bits per heavy atom. The molecular weight excluding hydrogens is 268 g/mol. The van der Waals surface area contributed by atoms with Crippen molar-refractivity contribution in [2.24, 2.45) is 11.7 Å². The van der Waals surface area contributed by atoms with Gasteiger partial charge in [0, 0.05) is 24.8 Å². The van der Waals surface area contributed by atoms with Gasteiger partial charge < -0.3 is 10.6 Å². The van der Waals surface area contributed by atoms with Crippen molar-refractivity contribution in [2.75, 3.05) is 25.0 Å². The summed E-state index contributed by atoms with van der Waals surface area (Å²) in [6.45, 7) is 2.70. The molecule has 0 aromatic rings. The highest BCUT2D eigenvalue weighted by Gasteiger charge is 2.27. The lowest BCUT2D eigenvalue weighted by molar-refractivity contribution is -0.127. The maximum atomic E-state index is 11.6. The van der Waals surface area contributed by atoms with E-state index >= 15 is 0 Å². The molecule has 1 aliphatic rings. The lowest BCUT2D eigenvalue weighted by Gasteiger charge is -2.15. The number of carbonyl (C=O) groups excluding carboxylic acids is 1. The Morgan fingerprint density at radius 2 is 1.94 bits per heavy atom. The number of likely N-dealkylation sites (tertiary alicyclic amines) is 1. The number of carbonyl (C=O) groups is 1. The minimum absolute atomic E-state index is 0.339. The van der Waals surface area contributed by atoms with E-state index in [1.165, 1.54) is 19.3 Å². The van der Waals surface area contributed by atoms with Crippen LogP contribution in [0.2, 0.25) is 0 Å². The summed E-state index contributed by atoms with van der Waals surface area (Å²) >= 11 is 3.45. The van der Waals surface area contributed by atoms with Crippen molar-refractivity contribution in [1.29, 1.82) is 0 Å². The fourth-order valence-electron chi connectivity index (χ4n) is 2.15. The zero-order valence-electron chi connectivity index (χ0n) is 9.96. The second-order valence-electron chi connectivity index (χ2n) is 4.62. The van der Waals surface area contributed by atoms with E-state index in [4.69, 9.17) is 5.73 Å². The van der Waals surface area contributed by atoms with Crippen LogP contribution in [0.15, 0.2) is 0 Å². The molecule has 94 valence electrons. The van der Waals surface area contributed by atoms with E-state index in [1.807, 2.05) is 4.90 Å². The summed E-state index contributed by atoms with van der Waals surface area (Å²) in [5.74, 6) is 0.871. The van der Waals surface area contributed by atoms with Crippen molar-refractivity contribution in [3.05, 3.63) is 0 Å². The van der Waals surface area contributed by atoms with Crippen molar-refractivity contribution >= 4 is 21.8 Å². The molecule has 0 aliphatic carbocycles. The minimum Gasteiger partial charge on any atom is -0.342 e. The Hall–Kier alpha value is -0.0900. The first-order chi connectivity index (χ1) is 7.77. The summed E-state index contributed by atoms with van der Waals surface area (Å²) in [5, 5.41) is 0.950. The largest absolute Gasteiger partial charge is 0.342 e. The van der Waals surface area contributed by atoms with Crippen molar-refractivity contribution in [3.63, 3.8) is 0 Å². The first kappa shape index (κ1) is 14.0. The minimum atomic E-state index is 0.339. The SMILES string of the molecule is NCCCCCCCN1CC(CBr)CC1=O. The molecular formula is C12H23BrN2O. The van der Waals surface area contributed by atoms with Crippen molar-refractivity contribution in [3.8, 4) is 0 Å². The monoisotopic (exact) mass is 290 g/mol. The molecule has 1 unspecified atom stereocenters. The number of nitrogens with two attached hydrogens (primary N) is 1. The quantitative estimate of drug-likeness (QED) is 0.550. The Morgan fingerprint density at radius 1 is 1.25 bits per heavy atom. The Labute approximate surface area is 107 Å². The number of nitrogens with zero attached hydrogens (tertiary/aromatic N) is 1. The number of alkyl halides is 1. The van der Waals surface area contributed by atoms with Crippen LogP contribution in [0.3, 0.4) is 0 Å². The van der Waals surface area contributed by atoms with Gasteiger partial charge in [-0.2, -0.15) is 0 Å². The normalized spacial score (nSPS) is 20.8. The standard InChI is InChI=1S/C12H23BrN2O/c13-9-11-8-12(16)15(10-11)7-5-3-1-2-4-6-14/h11H,1-10,14H2. The van der Waals surface area contributed by atoms with E-state index in [9.17, 15) is 4.79 Å². The second-order valence-corrected chi connectivity index (χ2v) is 5.27. The van der Waals surface area contributed by atoms with Crippen molar-refractivity contribution < 1.29 is 4.79 Å². The molecule has 4 heteroatoms. The van der Waals surface area contributed by atoms with Gasteiger partial charge in [0.2, 0.25) is 5.91 Å². The smallest absolute Gasteiger partial charge is 0.222 e. The van der Waals surface area contributed by atoms with Gasteiger partial charge in [0.05, 0.1) is 0 Å². The topological polar surface area (TPSA) is 46.3 Å². The molecule has 0 saturated carbocycles. The average Bonchev–Trinajstić information content (AvgIpc) is 2.65. The molecule has 1 saturated heterocycles. The zero-order valence-corrected chi connectivity index (χ0v) is 11.5. The van der Waals surface area contributed by atoms with Crippen molar-refractivity contribution in [1.82, 2.24) is 4.90 Å². The number of unbranched alkanes of at least 4 members (excludes halogenated alkanes) is 4. The molecule has 2 N–H and O–H groups in total. The number of hydrogen-bond donors (Lipinski definition) is 1. The van der Waals surface area contributed by atoms with Gasteiger partial charge >= 0.3 is 0 Å². The van der Waals surface area contributed by atoms with Gasteiger partial charge in [0.15, 0.2) is 0 Å². The highest BCUT2D eigenvalue weighted by molar-refractivity contribution is 9.09. The summed E-state index contributed by atoms with van der Waals surface area (Å²) in [5.41, 5.74) is 5.43. The molecule has 1 aliphatic heterocycles. The number of halogens is 1. The van der Waals surface area contributed by atoms with Crippen molar-refractivity contribution in [2.45, 2.75) is 38.5 Å². The van der Waals surface area contributed by atoms with Crippen LogP contribution in [-0.2, 0) is 4.79 Å². The molecule has 0 aromatic heterocycles. The average molecular weight is 291 g/mol. The number of rotatable bonds is 8. The fourth-order valence-corrected chi connectivity index (χ4v) is 2.58. The first-order valence-electron chi connectivity index (χ1n) is 6.31. The third-order valence-electron chi connectivity index (χ3n) is 3.14. The van der Waals surface area contributed by atoms with Gasteiger partial charge in [0.1, 0.15) is 0 Å². The lowest BCUT2D eigenvalue weighted by Crippen LogP contribution is -2.26. The molecule has 0 spiro atoms. The van der Waals surface area contributed by atoms with Crippen LogP contribution >= 0.6 is 15.9 Å². The van der Waals surface area contributed by atoms with Crippen LogP contribution in [0.4, 0.5) is 0 Å². The number of amides is 1. The highest BCUT2D eigenvalue weighted by atomic mass is 79.9. The van der Waals surface area contributed by atoms with E-state index in [2.05, 4.69) is 15.9 Å². The first-order valence-corrected chi connectivity index (χ1v) is 7.44. The van der Waals surface area contributed by atoms with Gasteiger partial charge in [-0.25, -0.2) is 0 Å². The van der Waals surface area contributed by atoms with Gasteiger partial charge in [-0.05, 0) is 25.3 Å². The lowest BCUT2D eigenvalue weighted by atomic mass is 10.1. The van der Waals surface area contributed by atoms with E-state index in [0.29, 0.717) is 11.8 Å². The summed E-state index contributed by atoms with van der Waals surface area (Å²) in [4.78, 5) is 13.6. The summed E-state index contributed by atoms with van der Waals surface area (Å²) < 4.78 is 0. The Balaban J connectivity index is 2.03. The van der Waals surface area contributed by atoms with Crippen LogP contribution in [0.1, 0.15) is 38.5 Å². The highest BCUT2D eigenvalue weighted by Crippen LogP contribution is 2.20. The molecule has 1 atom stereocenters. The maximum absolute atomic E-state index is 11.6. The van der Waals surface area contributed by atoms with Crippen LogP contribution in [0.25, 0.3) is 0 Å². The molecule has 0 bridgehead atoms. The third-order valence-corrected chi connectivity index (χ3v) is 4.06. The van der Waals surface area contributed by atoms with Gasteiger partial charge in [-0.1, -0.05) is 35.2 Å². The van der Waals surface area contributed by atoms with E-state index < -0.39 is 0 Å². The molecule has 3 nitrogen and oxygen atoms in total. The Kier molecular flexibility index (Phi) is 7.05. The van der Waals surface area contributed by atoms with Crippen LogP contribution in [-0.4, -0.2) is 35.8 Å². The third kappa shape index (κ3) is 4.83. The second kappa shape index (κ2) is 8.07. The molecule has 0 aromatic carbocycles. The van der Waals surface area contributed by atoms with E-state index in [0.717, 1.165) is 44.2 Å². The van der Waals surface area contributed by atoms with Gasteiger partial charge in [-0.15, -0.1) is 0 Å².